The van der Waals surface area contributed by atoms with Crippen molar-refractivity contribution >= 4 is 52.3 Å². The van der Waals surface area contributed by atoms with Gasteiger partial charge in [0.15, 0.2) is 63.4 Å². The van der Waals surface area contributed by atoms with Gasteiger partial charge in [-0.1, -0.05) is 12.1 Å². The lowest BCUT2D eigenvalue weighted by atomic mass is 9.60. The van der Waals surface area contributed by atoms with E-state index in [1.807, 2.05) is 0 Å². The van der Waals surface area contributed by atoms with Crippen molar-refractivity contribution < 1.29 is 93.1 Å². The number of amides is 2. The molecule has 1 aromatic carbocycles. The topological polar surface area (TPSA) is 326 Å². The first-order valence-corrected chi connectivity index (χ1v) is 16.1. The van der Waals surface area contributed by atoms with Gasteiger partial charge < -0.3 is 50.0 Å². The molecule has 3 aliphatic heterocycles. The molecule has 0 bridgehead atoms. The number of fused-ring (bicyclic) bond motifs is 1. The third-order valence-corrected chi connectivity index (χ3v) is 10.5. The molecule has 294 valence electrons. The molecule has 0 radical (unpaired) electrons. The van der Waals surface area contributed by atoms with Crippen molar-refractivity contribution in [1.29, 1.82) is 0 Å². The summed E-state index contributed by atoms with van der Waals surface area (Å²) in [6.07, 6.45) is -11.2. The van der Waals surface area contributed by atoms with E-state index < -0.39 is 134 Å². The minimum absolute atomic E-state index is 0.0711. The molecular weight excluding hydrogens is 726 g/mol. The largest absolute Gasteiger partial charge is 0.382 e. The maximum atomic E-state index is 13.9. The number of Topliss-reactive ketones (excluding diaryl/α,β-unsaturated/α-hetero) is 7. The fourth-order valence-corrected chi connectivity index (χ4v) is 7.47. The van der Waals surface area contributed by atoms with Crippen molar-refractivity contribution in [2.45, 2.75) is 113 Å². The van der Waals surface area contributed by atoms with Crippen molar-refractivity contribution in [3.8, 4) is 0 Å². The lowest BCUT2D eigenvalue weighted by Crippen LogP contribution is -2.91. The summed E-state index contributed by atoms with van der Waals surface area (Å²) in [5.41, 5.74) is -17.0. The van der Waals surface area contributed by atoms with E-state index in [0.717, 1.165) is 19.1 Å². The number of nitrogens with zero attached hydrogens (tertiary/aromatic N) is 1. The fourth-order valence-electron chi connectivity index (χ4n) is 7.47. The van der Waals surface area contributed by atoms with Gasteiger partial charge in [0, 0.05) is 6.92 Å². The number of rotatable bonds is 12. The average molecular weight is 766 g/mol. The molecule has 20 nitrogen and oxygen atoms in total. The summed E-state index contributed by atoms with van der Waals surface area (Å²) in [5, 5.41) is 83.4. The third kappa shape index (κ3) is 5.24. The third-order valence-electron chi connectivity index (χ3n) is 10.5. The van der Waals surface area contributed by atoms with Gasteiger partial charge in [-0.3, -0.25) is 48.1 Å². The number of ketones is 7. The minimum Gasteiger partial charge on any atom is -0.382 e. The second kappa shape index (κ2) is 13.4. The zero-order valence-corrected chi connectivity index (χ0v) is 29.9. The zero-order chi connectivity index (χ0) is 41.5. The Kier molecular flexibility index (Phi) is 10.6. The van der Waals surface area contributed by atoms with Crippen LogP contribution in [0, 0.1) is 0 Å². The van der Waals surface area contributed by atoms with E-state index in [9.17, 15) is 78.9 Å². The van der Waals surface area contributed by atoms with Gasteiger partial charge in [0.1, 0.15) is 24.4 Å². The molecule has 0 spiro atoms. The van der Waals surface area contributed by atoms with E-state index in [2.05, 4.69) is 0 Å². The highest BCUT2D eigenvalue weighted by molar-refractivity contribution is 6.22. The number of aliphatic hydroxyl groups excluding tert-OH is 2. The number of ether oxygens (including phenoxy) is 3. The smallest absolute Gasteiger partial charge is 0.262 e. The quantitative estimate of drug-likeness (QED) is 0.0780. The second-order valence-electron chi connectivity index (χ2n) is 13.7. The monoisotopic (exact) mass is 765 g/mol. The Morgan fingerprint density at radius 3 is 1.50 bits per heavy atom. The number of carbonyl (C=O) groups is 9. The summed E-state index contributed by atoms with van der Waals surface area (Å²) in [6.45, 7) is 2.19. The van der Waals surface area contributed by atoms with Gasteiger partial charge >= 0.3 is 0 Å². The first-order valence-electron chi connectivity index (χ1n) is 16.1. The van der Waals surface area contributed by atoms with Crippen LogP contribution in [0.25, 0.3) is 0 Å². The number of imide groups is 1. The van der Waals surface area contributed by atoms with Gasteiger partial charge in [-0.25, -0.2) is 0 Å². The van der Waals surface area contributed by atoms with Crippen molar-refractivity contribution in [3.63, 3.8) is 0 Å². The van der Waals surface area contributed by atoms with Crippen molar-refractivity contribution in [2.24, 2.45) is 0 Å². The molecule has 2 fully saturated rings. The molecule has 0 aromatic heterocycles. The molecule has 2 saturated heterocycles. The van der Waals surface area contributed by atoms with Crippen LogP contribution >= 0.6 is 0 Å². The van der Waals surface area contributed by atoms with Crippen molar-refractivity contribution in [1.82, 2.24) is 4.90 Å². The van der Waals surface area contributed by atoms with Crippen molar-refractivity contribution in [3.05, 3.63) is 35.4 Å². The van der Waals surface area contributed by atoms with E-state index in [1.54, 1.807) is 0 Å². The van der Waals surface area contributed by atoms with E-state index in [-0.39, 0.29) is 4.90 Å². The van der Waals surface area contributed by atoms with Gasteiger partial charge in [0.25, 0.3) is 17.6 Å². The van der Waals surface area contributed by atoms with Crippen LogP contribution in [0.15, 0.2) is 24.3 Å². The van der Waals surface area contributed by atoms with Gasteiger partial charge in [-0.15, -0.1) is 0 Å². The van der Waals surface area contributed by atoms with E-state index in [1.165, 1.54) is 12.1 Å². The highest BCUT2D eigenvalue weighted by Crippen LogP contribution is 2.54. The second-order valence-corrected chi connectivity index (χ2v) is 13.7. The molecule has 20 heteroatoms. The number of hydrogen-bond donors (Lipinski definition) is 7. The predicted octanol–water partition coefficient (Wildman–Crippen LogP) is -4.38. The molecule has 0 aliphatic carbocycles. The molecule has 1 aromatic rings. The Balaban J connectivity index is 2.18. The maximum Gasteiger partial charge on any atom is 0.262 e. The van der Waals surface area contributed by atoms with Crippen molar-refractivity contribution in [2.75, 3.05) is 6.61 Å². The highest BCUT2D eigenvalue weighted by atomic mass is 16.7. The Hall–Kier alpha value is -4.35. The summed E-state index contributed by atoms with van der Waals surface area (Å²) < 4.78 is 16.5. The first kappa shape index (κ1) is 42.4. The van der Waals surface area contributed by atoms with E-state index in [4.69, 9.17) is 14.2 Å². The molecule has 3 aliphatic rings. The molecule has 2 amide bonds. The first-order chi connectivity index (χ1) is 24.6. The summed E-state index contributed by atoms with van der Waals surface area (Å²) >= 11 is 0. The molecule has 0 saturated carbocycles. The Labute approximate surface area is 305 Å². The van der Waals surface area contributed by atoms with Crippen LogP contribution in [0.3, 0.4) is 0 Å². The fraction of sp³-hybridized carbons (Fsp3) is 0.559. The minimum atomic E-state index is -4.44. The summed E-state index contributed by atoms with van der Waals surface area (Å²) in [6, 6.07) is 1.58. The average Bonchev–Trinajstić information content (AvgIpc) is 3.32. The van der Waals surface area contributed by atoms with Crippen LogP contribution < -0.4 is 0 Å². The van der Waals surface area contributed by atoms with Crippen LogP contribution in [-0.4, -0.2) is 164 Å². The SMILES string of the molecule is CC(=O)C(O)[C@H]1O[C@@](O)(C(C)=O)[C@@H](N2C(=O)c3ccccc3C2=O)[C@](O)(C(C)=O)[C@@]1(O)O[C@@]1(C(C)=O)CO[C@H](C(O)C(C)=O)[C@@](O)(C(C)=O)[C@@]1(O)C(C)=O. The Morgan fingerprint density at radius 2 is 1.13 bits per heavy atom. The lowest BCUT2D eigenvalue weighted by Gasteiger charge is -2.63. The van der Waals surface area contributed by atoms with Crippen LogP contribution in [0.2, 0.25) is 0 Å². The Bertz CT molecular complexity index is 1860. The zero-order valence-electron chi connectivity index (χ0n) is 29.9. The highest BCUT2D eigenvalue weighted by Gasteiger charge is 2.84. The predicted molar refractivity (Wildman–Crippen MR) is 171 cm³/mol. The standard InChI is InChI=1S/C34H39NO19/c1-13(36)22(43)24-30(47,16(4)39)33(50,19(7)42)29(12-52-24,15(3)38)54-34(51)25(23(44)14(2)37)53-32(49,18(6)41)28(31(34,48)17(5)40)35-26(45)20-10-8-9-11-21(20)27(35)46/h8-11,22-25,28,43-44,47-51H,12H2,1-7H3/t22?,23?,24-,25-,28+,29-,30+,31-,32+,33-,34+/m1/s1. The maximum absolute atomic E-state index is 13.9. The molecule has 4 rings (SSSR count). The summed E-state index contributed by atoms with van der Waals surface area (Å²) in [7, 11) is 0. The molecule has 7 N–H and O–H groups in total. The van der Waals surface area contributed by atoms with E-state index >= 15 is 0 Å². The molecule has 3 heterocycles. The van der Waals surface area contributed by atoms with Crippen LogP contribution in [0.5, 0.6) is 0 Å². The Morgan fingerprint density at radius 1 is 0.685 bits per heavy atom. The van der Waals surface area contributed by atoms with Gasteiger partial charge in [0.05, 0.1) is 17.7 Å². The van der Waals surface area contributed by atoms with Crippen LogP contribution in [0.4, 0.5) is 0 Å². The van der Waals surface area contributed by atoms with Crippen LogP contribution in [-0.2, 0) is 47.8 Å². The van der Waals surface area contributed by atoms with Crippen LogP contribution in [0.1, 0.15) is 69.2 Å². The van der Waals surface area contributed by atoms with Gasteiger partial charge in [-0.2, -0.15) is 0 Å². The van der Waals surface area contributed by atoms with E-state index in [0.29, 0.717) is 41.5 Å². The number of benzene rings is 1. The number of carbonyl (C=O) groups excluding carboxylic acids is 9. The molecule has 54 heavy (non-hydrogen) atoms. The molecule has 2 unspecified atom stereocenters. The summed E-state index contributed by atoms with van der Waals surface area (Å²) in [5.74, 6) is -22.4. The van der Waals surface area contributed by atoms with Gasteiger partial charge in [-0.05, 0) is 53.7 Å². The number of aliphatic hydroxyl groups is 7. The molecule has 11 atom stereocenters. The van der Waals surface area contributed by atoms with Gasteiger partial charge in [0.2, 0.25) is 11.4 Å². The molecular formula is C34H39NO19. The number of hydrogen-bond acceptors (Lipinski definition) is 19. The summed E-state index contributed by atoms with van der Waals surface area (Å²) in [4.78, 5) is 120. The lowest BCUT2D eigenvalue weighted by molar-refractivity contribution is -0.454. The normalized spacial score (nSPS) is 37.6.